The summed E-state index contributed by atoms with van der Waals surface area (Å²) in [6, 6.07) is 59.5. The molecule has 2 aliphatic rings. The molecule has 10 atom stereocenters. The van der Waals surface area contributed by atoms with Gasteiger partial charge in [-0.3, -0.25) is 0 Å². The molecule has 0 aromatic heterocycles. The number of methoxy groups -OCH3 is 2. The molecule has 0 unspecified atom stereocenters. The van der Waals surface area contributed by atoms with Crippen LogP contribution < -0.4 is 4.74 Å². The van der Waals surface area contributed by atoms with Gasteiger partial charge in [-0.2, -0.15) is 0 Å². The quantitative estimate of drug-likeness (QED) is 0.0436. The molecule has 0 saturated carbocycles. The predicted molar refractivity (Wildman–Crippen MR) is 286 cm³/mol. The Labute approximate surface area is 457 Å². The monoisotopic (exact) mass is 1070 g/mol. The highest BCUT2D eigenvalue weighted by molar-refractivity contribution is 5.91. The standard InChI is InChI=1S/C63H60O16/c1-68-49-35-33-48(34-36-49)61(67)76-52-50(40-70-37-42-21-9-3-10-22-42)75-63(56(72-39-44-25-13-5-14-26-44)54(52)71-38-43-23-11-4-12-24-43)73-41-51-53(77-58(64)45-27-15-6-16-28-45)55(78-59(65)46-29-17-7-18-30-46)57(62(69-2)74-51)79-60(66)47-31-19-8-20-32-47/h3-36,50-57,62-63H,37-41H2,1-2H3/t50-,51-,52-,53+,54+,55+,56+,57-,62-,63-/m1/s1. The summed E-state index contributed by atoms with van der Waals surface area (Å²) in [4.78, 5) is 56.6. The van der Waals surface area contributed by atoms with Crippen LogP contribution in [0.5, 0.6) is 5.75 Å². The molecule has 0 N–H and O–H groups in total. The van der Waals surface area contributed by atoms with Gasteiger partial charge in [0.05, 0.1) is 62.4 Å². The van der Waals surface area contributed by atoms with Crippen LogP contribution in [0.2, 0.25) is 0 Å². The lowest BCUT2D eigenvalue weighted by Gasteiger charge is -2.47. The third-order valence-electron chi connectivity index (χ3n) is 13.1. The number of esters is 4. The lowest BCUT2D eigenvalue weighted by Crippen LogP contribution is -2.64. The maximum Gasteiger partial charge on any atom is 0.338 e. The highest BCUT2D eigenvalue weighted by atomic mass is 16.8. The summed E-state index contributed by atoms with van der Waals surface area (Å²) in [6.45, 7) is -0.324. The Hall–Kier alpha value is -8.06. The van der Waals surface area contributed by atoms with Gasteiger partial charge in [0.15, 0.2) is 37.0 Å². The van der Waals surface area contributed by atoms with Crippen molar-refractivity contribution >= 4 is 23.9 Å². The molecule has 408 valence electrons. The first-order valence-corrected chi connectivity index (χ1v) is 25.8. The van der Waals surface area contributed by atoms with Gasteiger partial charge in [-0.05, 0) is 77.4 Å². The van der Waals surface area contributed by atoms with Crippen LogP contribution in [0, 0.1) is 0 Å². The van der Waals surface area contributed by atoms with E-state index in [1.807, 2.05) is 91.0 Å². The zero-order valence-electron chi connectivity index (χ0n) is 43.5. The van der Waals surface area contributed by atoms with E-state index in [4.69, 9.17) is 56.8 Å². The molecule has 16 heteroatoms. The van der Waals surface area contributed by atoms with Crippen LogP contribution in [0.4, 0.5) is 0 Å². The Morgan fingerprint density at radius 2 is 0.722 bits per heavy atom. The van der Waals surface area contributed by atoms with Crippen molar-refractivity contribution in [2.24, 2.45) is 0 Å². The van der Waals surface area contributed by atoms with Gasteiger partial charge in [0.25, 0.3) is 0 Å². The van der Waals surface area contributed by atoms with E-state index < -0.39 is 91.9 Å². The van der Waals surface area contributed by atoms with Crippen LogP contribution in [0.1, 0.15) is 58.1 Å². The van der Waals surface area contributed by atoms with Crippen LogP contribution in [0.3, 0.4) is 0 Å². The van der Waals surface area contributed by atoms with Gasteiger partial charge in [-0.15, -0.1) is 0 Å². The first kappa shape index (κ1) is 55.7. The molecule has 7 aromatic rings. The fourth-order valence-corrected chi connectivity index (χ4v) is 9.07. The zero-order valence-corrected chi connectivity index (χ0v) is 43.5. The van der Waals surface area contributed by atoms with Crippen LogP contribution in [0.15, 0.2) is 206 Å². The molecule has 0 bridgehead atoms. The second kappa shape index (κ2) is 28.0. The van der Waals surface area contributed by atoms with Gasteiger partial charge < -0.3 is 56.8 Å². The maximum atomic E-state index is 14.3. The highest BCUT2D eigenvalue weighted by Gasteiger charge is 2.55. The van der Waals surface area contributed by atoms with Crippen molar-refractivity contribution in [2.75, 3.05) is 27.4 Å². The minimum atomic E-state index is -1.57. The molecule has 0 radical (unpaired) electrons. The SMILES string of the molecule is COc1ccc(C(=O)O[C@H]2[C@H](OCc3ccccc3)[C@H](OCc3ccccc3)[C@H](OC[C@H]3O[C@@H](OC)[C@H](OC(=O)c4ccccc4)[C@@H](OC(=O)c4ccccc4)[C@H]3OC(=O)c3ccccc3)O[C@@H]2COCc2ccccc2)cc1. The summed E-state index contributed by atoms with van der Waals surface area (Å²) >= 11 is 0. The fourth-order valence-electron chi connectivity index (χ4n) is 9.07. The van der Waals surface area contributed by atoms with E-state index in [0.29, 0.717) is 5.75 Å². The highest BCUT2D eigenvalue weighted by Crippen LogP contribution is 2.35. The van der Waals surface area contributed by atoms with Crippen LogP contribution in [0.25, 0.3) is 0 Å². The molecule has 2 aliphatic heterocycles. The van der Waals surface area contributed by atoms with E-state index >= 15 is 0 Å². The number of benzene rings is 7. The molecule has 0 amide bonds. The van der Waals surface area contributed by atoms with Crippen molar-refractivity contribution < 1.29 is 76.0 Å². The Morgan fingerprint density at radius 3 is 1.18 bits per heavy atom. The van der Waals surface area contributed by atoms with Crippen LogP contribution >= 0.6 is 0 Å². The van der Waals surface area contributed by atoms with Crippen molar-refractivity contribution in [1.82, 2.24) is 0 Å². The van der Waals surface area contributed by atoms with Gasteiger partial charge in [0.2, 0.25) is 0 Å². The summed E-state index contributed by atoms with van der Waals surface area (Å²) in [5.41, 5.74) is 3.24. The molecule has 9 rings (SSSR count). The minimum absolute atomic E-state index is 0.0310. The van der Waals surface area contributed by atoms with Crippen molar-refractivity contribution in [3.05, 3.63) is 245 Å². The van der Waals surface area contributed by atoms with Crippen molar-refractivity contribution in [2.45, 2.75) is 81.2 Å². The molecule has 16 nitrogen and oxygen atoms in total. The lowest BCUT2D eigenvalue weighted by molar-refractivity contribution is -0.338. The molecule has 79 heavy (non-hydrogen) atoms. The largest absolute Gasteiger partial charge is 0.497 e. The third-order valence-corrected chi connectivity index (χ3v) is 13.1. The summed E-state index contributed by atoms with van der Waals surface area (Å²) in [5.74, 6) is -2.56. The number of ether oxygens (including phenoxy) is 12. The number of hydrogen-bond donors (Lipinski definition) is 0. The second-order valence-corrected chi connectivity index (χ2v) is 18.5. The topological polar surface area (TPSA) is 179 Å². The van der Waals surface area contributed by atoms with E-state index in [-0.39, 0.29) is 48.7 Å². The summed E-state index contributed by atoms with van der Waals surface area (Å²) < 4.78 is 76.7. The normalized spacial score (nSPS) is 22.7. The first-order valence-electron chi connectivity index (χ1n) is 25.8. The third kappa shape index (κ3) is 15.0. The zero-order chi connectivity index (χ0) is 54.8. The Balaban J connectivity index is 1.10. The average molecular weight is 1070 g/mol. The van der Waals surface area contributed by atoms with E-state index in [9.17, 15) is 19.2 Å². The smallest absolute Gasteiger partial charge is 0.338 e. The van der Waals surface area contributed by atoms with Gasteiger partial charge in [0.1, 0.15) is 30.2 Å². The Morgan fingerprint density at radius 1 is 0.354 bits per heavy atom. The van der Waals surface area contributed by atoms with Crippen molar-refractivity contribution in [3.63, 3.8) is 0 Å². The van der Waals surface area contributed by atoms with Crippen molar-refractivity contribution in [1.29, 1.82) is 0 Å². The van der Waals surface area contributed by atoms with Crippen molar-refractivity contribution in [3.8, 4) is 5.75 Å². The second-order valence-electron chi connectivity index (χ2n) is 18.5. The predicted octanol–water partition coefficient (Wildman–Crippen LogP) is 9.40. The van der Waals surface area contributed by atoms with Gasteiger partial charge >= 0.3 is 23.9 Å². The molecular weight excluding hydrogens is 1010 g/mol. The van der Waals surface area contributed by atoms with Crippen LogP contribution in [-0.2, 0) is 71.9 Å². The lowest BCUT2D eigenvalue weighted by atomic mass is 9.96. The summed E-state index contributed by atoms with van der Waals surface area (Å²) in [6.07, 6.45) is -13.3. The maximum absolute atomic E-state index is 14.3. The first-order chi connectivity index (χ1) is 38.7. The van der Waals surface area contributed by atoms with E-state index in [0.717, 1.165) is 16.7 Å². The summed E-state index contributed by atoms with van der Waals surface area (Å²) in [7, 11) is 2.86. The molecule has 2 fully saturated rings. The summed E-state index contributed by atoms with van der Waals surface area (Å²) in [5, 5.41) is 0. The van der Waals surface area contributed by atoms with Gasteiger partial charge in [-0.1, -0.05) is 146 Å². The number of rotatable bonds is 23. The molecule has 0 aliphatic carbocycles. The molecule has 2 heterocycles. The Bertz CT molecular complexity index is 2990. The van der Waals surface area contributed by atoms with Gasteiger partial charge in [-0.25, -0.2) is 19.2 Å². The van der Waals surface area contributed by atoms with E-state index in [1.165, 1.54) is 14.2 Å². The van der Waals surface area contributed by atoms with E-state index in [1.54, 1.807) is 115 Å². The average Bonchev–Trinajstić information content (AvgIpc) is 3.55. The molecule has 7 aromatic carbocycles. The van der Waals surface area contributed by atoms with Crippen LogP contribution in [-0.4, -0.2) is 113 Å². The fraction of sp³-hybridized carbons (Fsp3) is 0.270. The van der Waals surface area contributed by atoms with Gasteiger partial charge in [0, 0.05) is 7.11 Å². The molecular formula is C63H60O16. The Kier molecular flexibility index (Phi) is 19.7. The molecule has 2 saturated heterocycles. The minimum Gasteiger partial charge on any atom is -0.497 e. The van der Waals surface area contributed by atoms with E-state index in [2.05, 4.69) is 0 Å². The number of hydrogen-bond acceptors (Lipinski definition) is 16. The number of carbonyl (C=O) groups is 4. The molecule has 0 spiro atoms. The number of carbonyl (C=O) groups excluding carboxylic acids is 4.